The third-order valence-corrected chi connectivity index (χ3v) is 5.87. The van der Waals surface area contributed by atoms with Crippen LogP contribution in [-0.2, 0) is 16.0 Å². The predicted molar refractivity (Wildman–Crippen MR) is 113 cm³/mol. The molecule has 1 saturated heterocycles. The van der Waals surface area contributed by atoms with Gasteiger partial charge in [-0.1, -0.05) is 0 Å². The van der Waals surface area contributed by atoms with Crippen LogP contribution in [0.1, 0.15) is 44.4 Å². The topological polar surface area (TPSA) is 99.5 Å². The van der Waals surface area contributed by atoms with Gasteiger partial charge < -0.3 is 24.6 Å². The summed E-state index contributed by atoms with van der Waals surface area (Å²) in [6.45, 7) is 7.91. The lowest BCUT2D eigenvalue weighted by molar-refractivity contribution is -0.144. The molecule has 0 bridgehead atoms. The van der Waals surface area contributed by atoms with E-state index in [1.165, 1.54) is 11.1 Å². The number of aliphatic carboxylic acids is 1. The Morgan fingerprint density at radius 2 is 1.73 bits per heavy atom. The lowest BCUT2D eigenvalue weighted by Crippen LogP contribution is -2.53. The van der Waals surface area contributed by atoms with Gasteiger partial charge in [-0.05, 0) is 49.9 Å². The summed E-state index contributed by atoms with van der Waals surface area (Å²) in [5.41, 5.74) is 2.42. The molecule has 0 aromatic heterocycles. The van der Waals surface area contributed by atoms with Crippen LogP contribution in [0, 0.1) is 5.92 Å². The maximum Gasteiger partial charge on any atom is 0.300 e. The average molecular weight is 423 g/mol. The van der Waals surface area contributed by atoms with Crippen molar-refractivity contribution in [3.8, 4) is 11.5 Å². The van der Waals surface area contributed by atoms with E-state index in [4.69, 9.17) is 19.4 Å². The van der Waals surface area contributed by atoms with E-state index >= 15 is 0 Å². The number of amides is 1. The minimum Gasteiger partial charge on any atom is -0.493 e. The minimum absolute atomic E-state index is 0.0686. The molecule has 1 aromatic rings. The number of nitrogens with zero attached hydrogens (tertiary/aromatic N) is 2. The van der Waals surface area contributed by atoms with Gasteiger partial charge >= 0.3 is 0 Å². The van der Waals surface area contributed by atoms with E-state index in [1.807, 2.05) is 30.9 Å². The fourth-order valence-electron chi connectivity index (χ4n) is 4.35. The Balaban J connectivity index is 0.000000735. The third kappa shape index (κ3) is 5.23. The SMILES string of the molecule is CC(=O)O.CCN(CC)C(=O)C1CN2CCc3cc(OC)c(OC)cc3C2CC1O. The molecule has 30 heavy (non-hydrogen) atoms. The zero-order valence-electron chi connectivity index (χ0n) is 18.6. The highest BCUT2D eigenvalue weighted by molar-refractivity contribution is 5.80. The number of carboxylic acids is 1. The van der Waals surface area contributed by atoms with Crippen LogP contribution in [0.4, 0.5) is 0 Å². The molecule has 0 radical (unpaired) electrons. The van der Waals surface area contributed by atoms with Crippen molar-refractivity contribution in [3.05, 3.63) is 23.3 Å². The Labute approximate surface area is 178 Å². The summed E-state index contributed by atoms with van der Waals surface area (Å²) in [4.78, 5) is 25.9. The van der Waals surface area contributed by atoms with Gasteiger partial charge in [0.25, 0.3) is 5.97 Å². The molecule has 2 heterocycles. The number of hydrogen-bond acceptors (Lipinski definition) is 6. The number of carbonyl (C=O) groups excluding carboxylic acids is 1. The zero-order valence-corrected chi connectivity index (χ0v) is 18.6. The van der Waals surface area contributed by atoms with Gasteiger partial charge in [0.05, 0.1) is 26.2 Å². The van der Waals surface area contributed by atoms with Gasteiger partial charge in [0.1, 0.15) is 0 Å². The summed E-state index contributed by atoms with van der Waals surface area (Å²) >= 11 is 0. The summed E-state index contributed by atoms with van der Waals surface area (Å²) in [5, 5.41) is 18.2. The molecule has 8 nitrogen and oxygen atoms in total. The molecule has 3 unspecified atom stereocenters. The average Bonchev–Trinajstić information content (AvgIpc) is 2.72. The molecule has 8 heteroatoms. The summed E-state index contributed by atoms with van der Waals surface area (Å²) in [7, 11) is 3.28. The van der Waals surface area contributed by atoms with Crippen molar-refractivity contribution in [2.75, 3.05) is 40.4 Å². The number of rotatable bonds is 5. The molecule has 1 aromatic carbocycles. The van der Waals surface area contributed by atoms with Crippen molar-refractivity contribution in [2.45, 2.75) is 45.8 Å². The molecule has 3 rings (SSSR count). The van der Waals surface area contributed by atoms with E-state index in [-0.39, 0.29) is 17.9 Å². The molecule has 1 amide bonds. The highest BCUT2D eigenvalue weighted by atomic mass is 16.5. The maximum absolute atomic E-state index is 12.8. The van der Waals surface area contributed by atoms with Crippen LogP contribution in [0.2, 0.25) is 0 Å². The Bertz CT molecular complexity index is 745. The van der Waals surface area contributed by atoms with Crippen LogP contribution in [0.3, 0.4) is 0 Å². The van der Waals surface area contributed by atoms with Crippen molar-refractivity contribution < 1.29 is 29.3 Å². The Morgan fingerprint density at radius 3 is 2.27 bits per heavy atom. The lowest BCUT2D eigenvalue weighted by atomic mass is 9.81. The minimum atomic E-state index is -0.833. The number of benzene rings is 1. The number of hydrogen-bond donors (Lipinski definition) is 2. The highest BCUT2D eigenvalue weighted by Gasteiger charge is 2.42. The van der Waals surface area contributed by atoms with Gasteiger partial charge in [0.15, 0.2) is 11.5 Å². The van der Waals surface area contributed by atoms with Crippen LogP contribution in [0.25, 0.3) is 0 Å². The van der Waals surface area contributed by atoms with E-state index in [0.717, 1.165) is 25.6 Å². The Morgan fingerprint density at radius 1 is 1.17 bits per heavy atom. The number of methoxy groups -OCH3 is 2. The summed E-state index contributed by atoms with van der Waals surface area (Å²) in [6.07, 6.45) is 0.859. The maximum atomic E-state index is 12.8. The smallest absolute Gasteiger partial charge is 0.300 e. The Kier molecular flexibility index (Phi) is 8.49. The van der Waals surface area contributed by atoms with Gasteiger partial charge in [-0.2, -0.15) is 0 Å². The molecule has 0 spiro atoms. The molecule has 3 atom stereocenters. The molecule has 2 N–H and O–H groups in total. The molecule has 1 fully saturated rings. The molecular weight excluding hydrogens is 388 g/mol. The second-order valence-electron chi connectivity index (χ2n) is 7.61. The number of aliphatic hydroxyl groups excluding tert-OH is 1. The standard InChI is InChI=1S/C20H30N2O4.C2H4O2/c1-5-21(6-2)20(24)15-12-22-8-7-13-9-18(25-3)19(26-4)10-14(13)16(22)11-17(15)23;1-2(3)4/h9-10,15-17,23H,5-8,11-12H2,1-4H3;1H3,(H,3,4). The first-order valence-corrected chi connectivity index (χ1v) is 10.4. The van der Waals surface area contributed by atoms with E-state index < -0.39 is 12.1 Å². The quantitative estimate of drug-likeness (QED) is 0.748. The highest BCUT2D eigenvalue weighted by Crippen LogP contribution is 2.43. The van der Waals surface area contributed by atoms with Crippen LogP contribution < -0.4 is 9.47 Å². The summed E-state index contributed by atoms with van der Waals surface area (Å²) in [6, 6.07) is 4.20. The fraction of sp³-hybridized carbons (Fsp3) is 0.636. The van der Waals surface area contributed by atoms with Crippen LogP contribution in [0.15, 0.2) is 12.1 Å². The number of carboxylic acid groups (broad SMARTS) is 1. The zero-order chi connectivity index (χ0) is 22.4. The number of ether oxygens (including phenoxy) is 2. The predicted octanol–water partition coefficient (Wildman–Crippen LogP) is 1.94. The van der Waals surface area contributed by atoms with Crippen molar-refractivity contribution in [2.24, 2.45) is 5.92 Å². The van der Waals surface area contributed by atoms with E-state index in [0.29, 0.717) is 31.8 Å². The summed E-state index contributed by atoms with van der Waals surface area (Å²) < 4.78 is 10.9. The summed E-state index contributed by atoms with van der Waals surface area (Å²) in [5.74, 6) is 0.349. The van der Waals surface area contributed by atoms with Crippen LogP contribution in [-0.4, -0.2) is 78.4 Å². The van der Waals surface area contributed by atoms with Gasteiger partial charge in [0.2, 0.25) is 5.91 Å². The first kappa shape index (κ1) is 24.0. The van der Waals surface area contributed by atoms with Crippen molar-refractivity contribution in [1.29, 1.82) is 0 Å². The van der Waals surface area contributed by atoms with Crippen molar-refractivity contribution in [3.63, 3.8) is 0 Å². The van der Waals surface area contributed by atoms with Crippen molar-refractivity contribution in [1.82, 2.24) is 9.80 Å². The second-order valence-corrected chi connectivity index (χ2v) is 7.61. The monoisotopic (exact) mass is 422 g/mol. The van der Waals surface area contributed by atoms with Gasteiger partial charge in [-0.15, -0.1) is 0 Å². The molecule has 0 aliphatic carbocycles. The van der Waals surface area contributed by atoms with E-state index in [9.17, 15) is 9.90 Å². The van der Waals surface area contributed by atoms with Crippen molar-refractivity contribution >= 4 is 11.9 Å². The first-order valence-electron chi connectivity index (χ1n) is 10.4. The number of carbonyl (C=O) groups is 2. The number of piperidine rings is 1. The van der Waals surface area contributed by atoms with Crippen LogP contribution >= 0.6 is 0 Å². The molecule has 168 valence electrons. The van der Waals surface area contributed by atoms with E-state index in [2.05, 4.69) is 4.90 Å². The molecule has 0 saturated carbocycles. The van der Waals surface area contributed by atoms with Gasteiger partial charge in [-0.25, -0.2) is 0 Å². The second kappa shape index (κ2) is 10.6. The normalized spacial score (nSPS) is 22.7. The fourth-order valence-corrected chi connectivity index (χ4v) is 4.35. The molecule has 2 aliphatic heterocycles. The molecule has 2 aliphatic rings. The van der Waals surface area contributed by atoms with Gasteiger partial charge in [0, 0.05) is 39.1 Å². The Hall–Kier alpha value is -2.32. The van der Waals surface area contributed by atoms with Crippen LogP contribution in [0.5, 0.6) is 11.5 Å². The third-order valence-electron chi connectivity index (χ3n) is 5.87. The lowest BCUT2D eigenvalue weighted by Gasteiger charge is -2.46. The first-order chi connectivity index (χ1) is 14.3. The van der Waals surface area contributed by atoms with E-state index in [1.54, 1.807) is 14.2 Å². The van der Waals surface area contributed by atoms with Gasteiger partial charge in [-0.3, -0.25) is 14.5 Å². The largest absolute Gasteiger partial charge is 0.493 e. The molecular formula is C22H34N2O6. The number of aliphatic hydroxyl groups is 1. The number of fused-ring (bicyclic) bond motifs is 3.